The lowest BCUT2D eigenvalue weighted by Crippen LogP contribution is -2.45. The van der Waals surface area contributed by atoms with E-state index >= 15 is 0 Å². The molecule has 0 bridgehead atoms. The van der Waals surface area contributed by atoms with Crippen molar-refractivity contribution in [3.8, 4) is 11.4 Å². The number of pyridine rings is 1. The molecule has 0 saturated carbocycles. The van der Waals surface area contributed by atoms with Crippen LogP contribution in [0.5, 0.6) is 0 Å². The second kappa shape index (κ2) is 12.3. The van der Waals surface area contributed by atoms with Crippen LogP contribution in [0.25, 0.3) is 11.4 Å². The second-order valence-corrected chi connectivity index (χ2v) is 9.95. The van der Waals surface area contributed by atoms with E-state index in [0.29, 0.717) is 23.6 Å². The van der Waals surface area contributed by atoms with Crippen LogP contribution in [0.2, 0.25) is 0 Å². The molecule has 206 valence electrons. The summed E-state index contributed by atoms with van der Waals surface area (Å²) >= 11 is 0. The van der Waals surface area contributed by atoms with Crippen molar-refractivity contribution in [1.29, 1.82) is 0 Å². The standard InChI is InChI=1S/C32H31N7O2/c1-22-10-13-27(14-11-22)31-35-37-38(36-31)21-29(40)39(28-19-23(2)9-12-24(28)3)30(26-15-17-33-18-16-26)32(41)34-20-25-7-5-4-6-8-25/h4-19,30H,20-21H2,1-3H3,(H,34,41). The lowest BCUT2D eigenvalue weighted by atomic mass is 10.0. The minimum atomic E-state index is -0.963. The van der Waals surface area contributed by atoms with Gasteiger partial charge in [0.15, 0.2) is 0 Å². The van der Waals surface area contributed by atoms with Crippen LogP contribution in [0.15, 0.2) is 97.3 Å². The Kier molecular flexibility index (Phi) is 8.24. The summed E-state index contributed by atoms with van der Waals surface area (Å²) in [5.41, 5.74) is 5.95. The fourth-order valence-corrected chi connectivity index (χ4v) is 4.57. The van der Waals surface area contributed by atoms with Crippen LogP contribution in [0.4, 0.5) is 5.69 Å². The van der Waals surface area contributed by atoms with E-state index in [1.54, 1.807) is 24.5 Å². The summed E-state index contributed by atoms with van der Waals surface area (Å²) in [6.45, 7) is 5.99. The third-order valence-corrected chi connectivity index (χ3v) is 6.77. The maximum absolute atomic E-state index is 14.2. The lowest BCUT2D eigenvalue weighted by molar-refractivity contribution is -0.127. The molecular weight excluding hydrogens is 514 g/mol. The molecule has 5 aromatic rings. The summed E-state index contributed by atoms with van der Waals surface area (Å²) < 4.78 is 0. The highest BCUT2D eigenvalue weighted by Gasteiger charge is 2.34. The molecule has 0 aliphatic rings. The smallest absolute Gasteiger partial charge is 0.251 e. The molecule has 1 N–H and O–H groups in total. The Balaban J connectivity index is 1.51. The first kappa shape index (κ1) is 27.4. The molecule has 5 rings (SSSR count). The SMILES string of the molecule is Cc1ccc(-c2nnn(CC(=O)N(c3cc(C)ccc3C)C(C(=O)NCc3ccccc3)c3ccncc3)n2)cc1. The summed E-state index contributed by atoms with van der Waals surface area (Å²) in [5.74, 6) is -0.258. The quantitative estimate of drug-likeness (QED) is 0.287. The molecule has 2 aromatic heterocycles. The molecular formula is C32H31N7O2. The molecule has 1 unspecified atom stereocenters. The molecule has 9 nitrogen and oxygen atoms in total. The number of amides is 2. The Bertz CT molecular complexity index is 1630. The van der Waals surface area contributed by atoms with E-state index in [1.807, 2.05) is 93.6 Å². The van der Waals surface area contributed by atoms with Gasteiger partial charge in [-0.3, -0.25) is 19.5 Å². The number of hydrogen-bond donors (Lipinski definition) is 1. The highest BCUT2D eigenvalue weighted by molar-refractivity contribution is 6.01. The molecule has 9 heteroatoms. The molecule has 0 aliphatic carbocycles. The Labute approximate surface area is 238 Å². The maximum atomic E-state index is 14.2. The van der Waals surface area contributed by atoms with E-state index < -0.39 is 6.04 Å². The van der Waals surface area contributed by atoms with Gasteiger partial charge in [-0.25, -0.2) is 0 Å². The first-order chi connectivity index (χ1) is 19.9. The zero-order valence-corrected chi connectivity index (χ0v) is 23.2. The fraction of sp³-hybridized carbons (Fsp3) is 0.188. The first-order valence-electron chi connectivity index (χ1n) is 13.3. The molecule has 2 heterocycles. The molecule has 0 saturated heterocycles. The monoisotopic (exact) mass is 545 g/mol. The van der Waals surface area contributed by atoms with E-state index in [1.165, 1.54) is 9.70 Å². The number of tetrazole rings is 1. The topological polar surface area (TPSA) is 106 Å². The van der Waals surface area contributed by atoms with E-state index in [0.717, 1.165) is 27.8 Å². The predicted octanol–water partition coefficient (Wildman–Crippen LogP) is 4.75. The number of carbonyl (C=O) groups is 2. The predicted molar refractivity (Wildman–Crippen MR) is 157 cm³/mol. The number of aryl methyl sites for hydroxylation is 3. The van der Waals surface area contributed by atoms with Gasteiger partial charge in [0.25, 0.3) is 5.91 Å². The van der Waals surface area contributed by atoms with Gasteiger partial charge in [-0.15, -0.1) is 10.2 Å². The highest BCUT2D eigenvalue weighted by atomic mass is 16.2. The average molecular weight is 546 g/mol. The molecule has 3 aromatic carbocycles. The first-order valence-corrected chi connectivity index (χ1v) is 13.3. The van der Waals surface area contributed by atoms with Crippen LogP contribution in [0, 0.1) is 20.8 Å². The fourth-order valence-electron chi connectivity index (χ4n) is 4.57. The number of rotatable bonds is 9. The molecule has 0 radical (unpaired) electrons. The maximum Gasteiger partial charge on any atom is 0.251 e. The second-order valence-electron chi connectivity index (χ2n) is 9.95. The molecule has 0 spiro atoms. The summed E-state index contributed by atoms with van der Waals surface area (Å²) in [4.78, 5) is 35.0. The zero-order chi connectivity index (χ0) is 28.8. The van der Waals surface area contributed by atoms with E-state index in [9.17, 15) is 9.59 Å². The van der Waals surface area contributed by atoms with Gasteiger partial charge in [0.1, 0.15) is 12.6 Å². The molecule has 41 heavy (non-hydrogen) atoms. The third-order valence-electron chi connectivity index (χ3n) is 6.77. The van der Waals surface area contributed by atoms with Crippen molar-refractivity contribution in [2.45, 2.75) is 39.9 Å². The normalized spacial score (nSPS) is 11.6. The summed E-state index contributed by atoms with van der Waals surface area (Å²) in [5, 5.41) is 15.8. The van der Waals surface area contributed by atoms with Crippen molar-refractivity contribution in [3.05, 3.63) is 125 Å². The van der Waals surface area contributed by atoms with E-state index in [-0.39, 0.29) is 18.4 Å². The van der Waals surface area contributed by atoms with Crippen LogP contribution in [-0.2, 0) is 22.7 Å². The van der Waals surface area contributed by atoms with Gasteiger partial charge < -0.3 is 5.32 Å². The van der Waals surface area contributed by atoms with Crippen molar-refractivity contribution in [2.75, 3.05) is 4.90 Å². The van der Waals surface area contributed by atoms with Gasteiger partial charge in [0.05, 0.1) is 0 Å². The van der Waals surface area contributed by atoms with Crippen LogP contribution < -0.4 is 10.2 Å². The van der Waals surface area contributed by atoms with Gasteiger partial charge >= 0.3 is 0 Å². The average Bonchev–Trinajstić information content (AvgIpc) is 3.45. The number of carbonyl (C=O) groups excluding carboxylic acids is 2. The molecule has 2 amide bonds. The van der Waals surface area contributed by atoms with Crippen LogP contribution >= 0.6 is 0 Å². The lowest BCUT2D eigenvalue weighted by Gasteiger charge is -2.32. The number of aromatic nitrogens is 5. The number of nitrogens with zero attached hydrogens (tertiary/aromatic N) is 6. The van der Waals surface area contributed by atoms with Crippen molar-refractivity contribution < 1.29 is 9.59 Å². The van der Waals surface area contributed by atoms with Crippen LogP contribution in [0.1, 0.15) is 33.9 Å². The van der Waals surface area contributed by atoms with Crippen molar-refractivity contribution in [1.82, 2.24) is 30.5 Å². The number of hydrogen-bond acceptors (Lipinski definition) is 6. The number of anilines is 1. The Morgan fingerprint density at radius 1 is 0.878 bits per heavy atom. The van der Waals surface area contributed by atoms with Gasteiger partial charge in [0.2, 0.25) is 11.7 Å². The number of benzene rings is 3. The van der Waals surface area contributed by atoms with Crippen molar-refractivity contribution >= 4 is 17.5 Å². The van der Waals surface area contributed by atoms with Crippen molar-refractivity contribution in [3.63, 3.8) is 0 Å². The van der Waals surface area contributed by atoms with Gasteiger partial charge in [-0.1, -0.05) is 72.3 Å². The largest absolute Gasteiger partial charge is 0.350 e. The Hall–Kier alpha value is -5.18. The summed E-state index contributed by atoms with van der Waals surface area (Å²) in [6.07, 6.45) is 3.23. The molecule has 1 atom stereocenters. The Morgan fingerprint density at radius 3 is 2.32 bits per heavy atom. The van der Waals surface area contributed by atoms with Crippen LogP contribution in [0.3, 0.4) is 0 Å². The molecule has 0 fully saturated rings. The summed E-state index contributed by atoms with van der Waals surface area (Å²) in [7, 11) is 0. The number of nitrogens with one attached hydrogen (secondary N) is 1. The zero-order valence-electron chi connectivity index (χ0n) is 23.2. The van der Waals surface area contributed by atoms with Gasteiger partial charge in [-0.05, 0) is 66.4 Å². The van der Waals surface area contributed by atoms with E-state index in [4.69, 9.17) is 0 Å². The van der Waals surface area contributed by atoms with E-state index in [2.05, 4.69) is 25.7 Å². The minimum Gasteiger partial charge on any atom is -0.350 e. The minimum absolute atomic E-state index is 0.209. The van der Waals surface area contributed by atoms with Crippen LogP contribution in [-0.4, -0.2) is 37.0 Å². The van der Waals surface area contributed by atoms with Gasteiger partial charge in [-0.2, -0.15) is 4.80 Å². The highest BCUT2D eigenvalue weighted by Crippen LogP contribution is 2.31. The third kappa shape index (κ3) is 6.52. The molecule has 0 aliphatic heterocycles. The van der Waals surface area contributed by atoms with Crippen molar-refractivity contribution in [2.24, 2.45) is 0 Å². The Morgan fingerprint density at radius 2 is 1.59 bits per heavy atom. The summed E-state index contributed by atoms with van der Waals surface area (Å²) in [6, 6.07) is 25.8. The van der Waals surface area contributed by atoms with Gasteiger partial charge in [0, 0.05) is 30.2 Å².